The highest BCUT2D eigenvalue weighted by Crippen LogP contribution is 2.65. The molecule has 0 bridgehead atoms. The number of aryl methyl sites for hydroxylation is 2. The van der Waals surface area contributed by atoms with E-state index in [9.17, 15) is 55.3 Å². The fraction of sp³-hybridized carbons (Fsp3) is 0.444. The molecule has 1 aromatic carbocycles. The molecule has 2 unspecified atom stereocenters. The number of nitrogens with two attached hydrogens (primary N) is 1. The van der Waals surface area contributed by atoms with E-state index in [1.165, 1.54) is 15.8 Å². The Morgan fingerprint density at radius 3 is 2.45 bits per heavy atom. The van der Waals surface area contributed by atoms with Gasteiger partial charge in [0.25, 0.3) is 0 Å². The first-order chi connectivity index (χ1) is 24.9. The van der Waals surface area contributed by atoms with Gasteiger partial charge in [-0.05, 0) is 37.1 Å². The maximum Gasteiger partial charge on any atom is 0.434 e. The summed E-state index contributed by atoms with van der Waals surface area (Å²) in [6, 6.07) is 2.25. The number of phosphoric ester groups is 2. The molecule has 3 aromatic heterocycles. The third-order valence-electron chi connectivity index (χ3n) is 8.49. The number of aromatic nitrogens is 6. The number of hydrogen-bond donors (Lipinski definition) is 10. The van der Waals surface area contributed by atoms with Gasteiger partial charge in [0.1, 0.15) is 49.8 Å². The molecule has 2 aliphatic heterocycles. The van der Waals surface area contributed by atoms with E-state index in [1.807, 2.05) is 0 Å². The van der Waals surface area contributed by atoms with Crippen LogP contribution in [0.4, 0.5) is 28.7 Å². The number of ether oxygens (including phenoxy) is 1. The number of benzene rings is 1. The topological polar surface area (TPSA) is 383 Å². The van der Waals surface area contributed by atoms with Crippen molar-refractivity contribution in [2.45, 2.75) is 56.7 Å². The molecule has 0 amide bonds. The van der Waals surface area contributed by atoms with Crippen LogP contribution in [0.1, 0.15) is 17.4 Å². The maximum absolute atomic E-state index is 12.5. The summed E-state index contributed by atoms with van der Waals surface area (Å²) < 4.78 is 20.4. The Kier molecular flexibility index (Phi) is 10.9. The molecule has 1 saturated heterocycles. The molecule has 24 nitrogen and oxygen atoms in total. The smallest absolute Gasteiger partial charge is 0.434 e. The van der Waals surface area contributed by atoms with Gasteiger partial charge in [0.05, 0.1) is 29.6 Å². The zero-order valence-corrected chi connectivity index (χ0v) is 29.3. The molecule has 288 valence electrons. The Bertz CT molecular complexity index is 1980. The number of fused-ring (bicyclic) bond motifs is 3. The van der Waals surface area contributed by atoms with Gasteiger partial charge in [-0.15, -0.1) is 0 Å². The van der Waals surface area contributed by atoms with E-state index >= 15 is 0 Å². The molecule has 0 spiro atoms. The summed E-state index contributed by atoms with van der Waals surface area (Å²) in [7, 11) is -11.0. The molecular weight excluding hydrogens is 752 g/mol. The van der Waals surface area contributed by atoms with E-state index in [-0.39, 0.29) is 23.0 Å². The number of hydrogen-bond acceptors (Lipinski definition) is 22. The Labute approximate surface area is 299 Å². The SMILES string of the molecule is Cc1cc2c(cc1C)N(C[C@H](O)[C@H](O)[C@H](O)CO[P+]([O-])(O)O[P+]([O-])(O)OC[C@H]1O[C@@H]([n+]3c[nH]c4c(N)ncnc43)[C@H](O)[C@@H]1O)c1nc([O-])nc([O-])c1N2. The standard InChI is InChI=1S/C27H35N9O15P2/c1-10-3-12-13(4-11(10)2)35(24-18(32-12)25(42)34-27(43)33-24)5-14(37)19(39)15(38)6-48-52(44,45)51-53(46,47)49-7-16-20(40)21(41)26(50-16)36-9-31-17-22(28)29-8-30-23(17)36/h3-4,8-9,14-16,19-21,26,32,37-41H,5-7H2,1-2H3,(H6,28,29,30,33,34,42,43,44,45,46,47)/p-1/t14-,15+,16+,19-,20+,21+,26+/m0/s1. The van der Waals surface area contributed by atoms with E-state index < -0.39 is 90.8 Å². The maximum atomic E-state index is 12.5. The molecule has 0 saturated carbocycles. The van der Waals surface area contributed by atoms with Gasteiger partial charge in [-0.3, -0.25) is 9.97 Å². The molecule has 9 atom stereocenters. The Morgan fingerprint density at radius 1 is 1.02 bits per heavy atom. The highest BCUT2D eigenvalue weighted by Gasteiger charge is 2.51. The van der Waals surface area contributed by atoms with Gasteiger partial charge >= 0.3 is 22.0 Å². The normalized spacial score (nSPS) is 23.8. The third-order valence-corrected chi connectivity index (χ3v) is 11.1. The van der Waals surface area contributed by atoms with Crippen LogP contribution in [0.25, 0.3) is 11.2 Å². The first-order valence-electron chi connectivity index (χ1n) is 15.5. The van der Waals surface area contributed by atoms with Gasteiger partial charge in [-0.1, -0.05) is 4.98 Å². The van der Waals surface area contributed by atoms with Crippen LogP contribution in [0.3, 0.4) is 0 Å². The second-order valence-electron chi connectivity index (χ2n) is 12.1. The number of rotatable bonds is 13. The van der Waals surface area contributed by atoms with Crippen LogP contribution in [0.2, 0.25) is 0 Å². The predicted molar refractivity (Wildman–Crippen MR) is 171 cm³/mol. The molecule has 1 fully saturated rings. The van der Waals surface area contributed by atoms with Gasteiger partial charge in [0.15, 0.2) is 24.3 Å². The average Bonchev–Trinajstić information content (AvgIpc) is 3.63. The number of nitrogens with one attached hydrogen (secondary N) is 2. The predicted octanol–water partition coefficient (Wildman–Crippen LogP) is -4.91. The van der Waals surface area contributed by atoms with E-state index in [0.29, 0.717) is 16.9 Å². The van der Waals surface area contributed by atoms with E-state index in [0.717, 1.165) is 17.5 Å². The van der Waals surface area contributed by atoms with Crippen LogP contribution in [0.15, 0.2) is 24.8 Å². The lowest BCUT2D eigenvalue weighted by atomic mass is 10.0. The Hall–Kier alpha value is -3.81. The number of imidazole rings is 1. The molecule has 11 N–H and O–H groups in total. The van der Waals surface area contributed by atoms with Gasteiger partial charge in [-0.2, -0.15) is 23.8 Å². The number of β-amino-alcohol motifs (C(OH)–C–C–N with tert-alkyl or cyclic N) is 1. The van der Waals surface area contributed by atoms with Crippen molar-refractivity contribution in [1.29, 1.82) is 0 Å². The van der Waals surface area contributed by atoms with E-state index in [2.05, 4.69) is 39.1 Å². The summed E-state index contributed by atoms with van der Waals surface area (Å²) in [5.41, 5.74) is 8.45. The van der Waals surface area contributed by atoms with Crippen LogP contribution >= 0.6 is 16.3 Å². The minimum absolute atomic E-state index is 0.0850. The highest BCUT2D eigenvalue weighted by molar-refractivity contribution is 7.66. The van der Waals surface area contributed by atoms with E-state index in [1.54, 1.807) is 26.0 Å². The Morgan fingerprint density at radius 2 is 1.72 bits per heavy atom. The van der Waals surface area contributed by atoms with Crippen LogP contribution in [-0.4, -0.2) is 117 Å². The first kappa shape index (κ1) is 38.9. The van der Waals surface area contributed by atoms with Crippen molar-refractivity contribution in [2.24, 2.45) is 0 Å². The number of phosphoric acid groups is 2. The van der Waals surface area contributed by atoms with Gasteiger partial charge in [-0.25, -0.2) is 9.55 Å². The summed E-state index contributed by atoms with van der Waals surface area (Å²) >= 11 is 0. The van der Waals surface area contributed by atoms with Crippen molar-refractivity contribution in [2.75, 3.05) is 35.7 Å². The lowest BCUT2D eigenvalue weighted by Gasteiger charge is -2.37. The average molecular weight is 787 g/mol. The lowest BCUT2D eigenvalue weighted by Crippen LogP contribution is -2.46. The second-order valence-corrected chi connectivity index (χ2v) is 15.2. The molecule has 2 aliphatic rings. The number of nitrogens with zero attached hydrogens (tertiary/aromatic N) is 6. The summed E-state index contributed by atoms with van der Waals surface area (Å²) in [6.07, 6.45) is -9.69. The summed E-state index contributed by atoms with van der Waals surface area (Å²) in [5.74, 6) is -1.06. The quantitative estimate of drug-likeness (QED) is 0.0448. The van der Waals surface area contributed by atoms with Crippen LogP contribution in [-0.2, 0) is 18.1 Å². The zero-order chi connectivity index (χ0) is 38.6. The molecule has 0 radical (unpaired) electrons. The molecule has 0 aliphatic carbocycles. The van der Waals surface area contributed by atoms with Crippen LogP contribution < -0.4 is 40.5 Å². The number of aliphatic hydroxyl groups excluding tert-OH is 5. The minimum atomic E-state index is -5.54. The van der Waals surface area contributed by atoms with Crippen LogP contribution in [0.5, 0.6) is 11.9 Å². The van der Waals surface area contributed by atoms with Crippen molar-refractivity contribution in [3.63, 3.8) is 0 Å². The molecule has 6 rings (SSSR count). The monoisotopic (exact) mass is 786 g/mol. The fourth-order valence-electron chi connectivity index (χ4n) is 5.65. The van der Waals surface area contributed by atoms with Crippen LogP contribution in [0, 0.1) is 13.8 Å². The van der Waals surface area contributed by atoms with Gasteiger partial charge < -0.3 is 66.2 Å². The van der Waals surface area contributed by atoms with E-state index in [4.69, 9.17) is 15.0 Å². The second kappa shape index (κ2) is 14.8. The first-order valence-corrected chi connectivity index (χ1v) is 18.5. The minimum Gasteiger partial charge on any atom is -0.857 e. The number of nitrogen functional groups attached to an aromatic ring is 1. The lowest BCUT2D eigenvalue weighted by molar-refractivity contribution is -0.745. The van der Waals surface area contributed by atoms with Crippen molar-refractivity contribution < 1.29 is 78.0 Å². The third kappa shape index (κ3) is 8.02. The summed E-state index contributed by atoms with van der Waals surface area (Å²) in [4.78, 5) is 64.2. The number of anilines is 5. The van der Waals surface area contributed by atoms with Gasteiger partial charge in [0, 0.05) is 10.2 Å². The van der Waals surface area contributed by atoms with Crippen molar-refractivity contribution in [3.8, 4) is 11.9 Å². The zero-order valence-electron chi connectivity index (χ0n) is 27.5. The molecule has 4 aromatic rings. The van der Waals surface area contributed by atoms with Gasteiger partial charge in [0.2, 0.25) is 11.7 Å². The summed E-state index contributed by atoms with van der Waals surface area (Å²) in [6.45, 7) is 0.840. The fourth-order valence-corrected chi connectivity index (χ4v) is 7.74. The molecule has 53 heavy (non-hydrogen) atoms. The number of H-pyrrole nitrogens is 1. The molecule has 26 heteroatoms. The highest BCUT2D eigenvalue weighted by atomic mass is 31.3. The van der Waals surface area contributed by atoms with Crippen molar-refractivity contribution >= 4 is 56.2 Å². The summed E-state index contributed by atoms with van der Waals surface area (Å²) in [5, 5.41) is 80.4. The molecular formula is C27H34N9O15P2-. The Balaban J connectivity index is 1.04. The molecule has 5 heterocycles. The number of aromatic amines is 1. The largest absolute Gasteiger partial charge is 0.857 e. The van der Waals surface area contributed by atoms with Crippen molar-refractivity contribution in [1.82, 2.24) is 24.9 Å². The number of aliphatic hydroxyl groups is 5. The van der Waals surface area contributed by atoms with Crippen molar-refractivity contribution in [3.05, 3.63) is 35.9 Å².